The molecular formula is C21H23N3O3S2. The minimum absolute atomic E-state index is 0.189. The molecule has 0 aliphatic carbocycles. The summed E-state index contributed by atoms with van der Waals surface area (Å²) < 4.78 is 5.68. The van der Waals surface area contributed by atoms with Gasteiger partial charge in [0.2, 0.25) is 0 Å². The van der Waals surface area contributed by atoms with Gasteiger partial charge in [-0.15, -0.1) is 22.7 Å². The van der Waals surface area contributed by atoms with Crippen molar-refractivity contribution in [3.05, 3.63) is 57.4 Å². The Bertz CT molecular complexity index is 1010. The number of nitrogens with zero attached hydrogens (tertiary/aromatic N) is 1. The Balaban J connectivity index is 1.56. The van der Waals surface area contributed by atoms with Gasteiger partial charge in [-0.05, 0) is 48.4 Å². The van der Waals surface area contributed by atoms with E-state index in [2.05, 4.69) is 29.7 Å². The lowest BCUT2D eigenvalue weighted by atomic mass is 10.0. The molecule has 0 aliphatic heterocycles. The van der Waals surface area contributed by atoms with Crippen molar-refractivity contribution in [1.82, 2.24) is 15.8 Å². The van der Waals surface area contributed by atoms with E-state index in [1.807, 2.05) is 42.6 Å². The van der Waals surface area contributed by atoms with E-state index in [0.29, 0.717) is 16.3 Å². The van der Waals surface area contributed by atoms with Crippen molar-refractivity contribution in [1.29, 1.82) is 0 Å². The molecule has 0 aliphatic rings. The van der Waals surface area contributed by atoms with Crippen LogP contribution in [0.1, 0.15) is 46.3 Å². The minimum atomic E-state index is -0.435. The van der Waals surface area contributed by atoms with Crippen molar-refractivity contribution >= 4 is 34.5 Å². The van der Waals surface area contributed by atoms with Crippen molar-refractivity contribution in [2.45, 2.75) is 33.6 Å². The maximum absolute atomic E-state index is 12.4. The number of thiazole rings is 1. The van der Waals surface area contributed by atoms with Gasteiger partial charge < -0.3 is 4.74 Å². The second kappa shape index (κ2) is 9.19. The highest BCUT2D eigenvalue weighted by Gasteiger charge is 2.17. The van der Waals surface area contributed by atoms with Crippen LogP contribution in [0, 0.1) is 13.8 Å². The minimum Gasteiger partial charge on any atom is -0.483 e. The van der Waals surface area contributed by atoms with E-state index in [-0.39, 0.29) is 12.5 Å². The number of rotatable bonds is 6. The number of thiophene rings is 1. The molecule has 0 bridgehead atoms. The van der Waals surface area contributed by atoms with Crippen molar-refractivity contribution < 1.29 is 14.3 Å². The Morgan fingerprint density at radius 3 is 2.66 bits per heavy atom. The first kappa shape index (κ1) is 21.0. The van der Waals surface area contributed by atoms with Gasteiger partial charge >= 0.3 is 0 Å². The Hall–Kier alpha value is -2.71. The van der Waals surface area contributed by atoms with Gasteiger partial charge in [-0.25, -0.2) is 4.98 Å². The second-order valence-electron chi connectivity index (χ2n) is 6.90. The van der Waals surface area contributed by atoms with E-state index in [0.717, 1.165) is 21.0 Å². The summed E-state index contributed by atoms with van der Waals surface area (Å²) in [6, 6.07) is 9.83. The topological polar surface area (TPSA) is 80.3 Å². The monoisotopic (exact) mass is 429 g/mol. The van der Waals surface area contributed by atoms with Gasteiger partial charge in [0, 0.05) is 0 Å². The van der Waals surface area contributed by atoms with E-state index in [9.17, 15) is 9.59 Å². The molecule has 3 aromatic rings. The van der Waals surface area contributed by atoms with Gasteiger partial charge in [0.1, 0.15) is 15.6 Å². The number of hydrazine groups is 1. The zero-order chi connectivity index (χ0) is 21.0. The Morgan fingerprint density at radius 2 is 1.97 bits per heavy atom. The number of aryl methyl sites for hydroxylation is 2. The number of amides is 2. The molecule has 6 nitrogen and oxygen atoms in total. The molecule has 3 rings (SSSR count). The highest BCUT2D eigenvalue weighted by molar-refractivity contribution is 7.22. The van der Waals surface area contributed by atoms with Crippen LogP contribution in [-0.4, -0.2) is 23.4 Å². The molecule has 0 spiro atoms. The summed E-state index contributed by atoms with van der Waals surface area (Å²) in [5, 5.41) is 2.75. The molecule has 0 saturated heterocycles. The lowest BCUT2D eigenvalue weighted by molar-refractivity contribution is -0.123. The fraction of sp³-hybridized carbons (Fsp3) is 0.286. The summed E-state index contributed by atoms with van der Waals surface area (Å²) in [7, 11) is 0. The van der Waals surface area contributed by atoms with Crippen LogP contribution in [0.5, 0.6) is 5.75 Å². The molecule has 29 heavy (non-hydrogen) atoms. The largest absolute Gasteiger partial charge is 0.483 e. The number of aromatic nitrogens is 1. The fourth-order valence-corrected chi connectivity index (χ4v) is 4.48. The van der Waals surface area contributed by atoms with Crippen LogP contribution in [0.15, 0.2) is 35.7 Å². The number of carbonyl (C=O) groups excluding carboxylic acids is 2. The first-order valence-electron chi connectivity index (χ1n) is 9.19. The molecule has 0 fully saturated rings. The Labute approximate surface area is 177 Å². The predicted molar refractivity (Wildman–Crippen MR) is 117 cm³/mol. The fourth-order valence-electron chi connectivity index (χ4n) is 2.72. The molecule has 2 heterocycles. The molecule has 0 radical (unpaired) electrons. The van der Waals surface area contributed by atoms with Gasteiger partial charge in [0.05, 0.1) is 10.6 Å². The van der Waals surface area contributed by atoms with Gasteiger partial charge in [0.15, 0.2) is 6.61 Å². The molecule has 1 aromatic carbocycles. The third kappa shape index (κ3) is 5.21. The highest BCUT2D eigenvalue weighted by Crippen LogP contribution is 2.31. The van der Waals surface area contributed by atoms with Crippen LogP contribution in [0.2, 0.25) is 0 Å². The van der Waals surface area contributed by atoms with Crippen LogP contribution < -0.4 is 15.6 Å². The third-order valence-corrected chi connectivity index (χ3v) is 6.40. The lowest BCUT2D eigenvalue weighted by Crippen LogP contribution is -2.43. The molecule has 0 atom stereocenters. The molecule has 0 saturated carbocycles. The number of nitrogens with one attached hydrogen (secondary N) is 2. The Kier molecular flexibility index (Phi) is 6.66. The summed E-state index contributed by atoms with van der Waals surface area (Å²) in [5.41, 5.74) is 7.56. The maximum atomic E-state index is 12.4. The van der Waals surface area contributed by atoms with Gasteiger partial charge in [-0.1, -0.05) is 32.0 Å². The highest BCUT2D eigenvalue weighted by atomic mass is 32.1. The second-order valence-corrected chi connectivity index (χ2v) is 8.84. The third-order valence-electron chi connectivity index (χ3n) is 4.20. The van der Waals surface area contributed by atoms with Crippen LogP contribution in [-0.2, 0) is 4.79 Å². The summed E-state index contributed by atoms with van der Waals surface area (Å²) in [6.07, 6.45) is 0. The maximum Gasteiger partial charge on any atom is 0.281 e. The molecule has 2 amide bonds. The standard InChI is InChI=1S/C21H23N3O3S2/c1-12(2)15-8-7-13(3)10-16(15)27-11-18(25)23-24-20(26)19-14(4)22-21(29-19)17-6-5-9-28-17/h5-10,12H,11H2,1-4H3,(H,23,25)(H,24,26). The Morgan fingerprint density at radius 1 is 1.17 bits per heavy atom. The van der Waals surface area contributed by atoms with Crippen LogP contribution in [0.4, 0.5) is 0 Å². The lowest BCUT2D eigenvalue weighted by Gasteiger charge is -2.15. The van der Waals surface area contributed by atoms with Crippen LogP contribution in [0.3, 0.4) is 0 Å². The number of benzene rings is 1. The van der Waals surface area contributed by atoms with E-state index in [4.69, 9.17) is 4.74 Å². The van der Waals surface area contributed by atoms with Crippen molar-refractivity contribution in [2.24, 2.45) is 0 Å². The molecule has 8 heteroatoms. The van der Waals surface area contributed by atoms with E-state index < -0.39 is 11.8 Å². The summed E-state index contributed by atoms with van der Waals surface area (Å²) in [5.74, 6) is 0.130. The average Bonchev–Trinajstić information content (AvgIpc) is 3.33. The van der Waals surface area contributed by atoms with Crippen molar-refractivity contribution in [2.75, 3.05) is 6.61 Å². The van der Waals surface area contributed by atoms with E-state index >= 15 is 0 Å². The smallest absolute Gasteiger partial charge is 0.281 e. The predicted octanol–water partition coefficient (Wildman–Crippen LogP) is 4.45. The summed E-state index contributed by atoms with van der Waals surface area (Å²) in [4.78, 5) is 30.5. The quantitative estimate of drug-likeness (QED) is 0.567. The van der Waals surface area contributed by atoms with Crippen LogP contribution >= 0.6 is 22.7 Å². The van der Waals surface area contributed by atoms with Crippen LogP contribution in [0.25, 0.3) is 9.88 Å². The average molecular weight is 430 g/mol. The van der Waals surface area contributed by atoms with E-state index in [1.165, 1.54) is 11.3 Å². The number of carbonyl (C=O) groups is 2. The van der Waals surface area contributed by atoms with Gasteiger partial charge in [0.25, 0.3) is 11.8 Å². The molecule has 0 unspecified atom stereocenters. The van der Waals surface area contributed by atoms with Crippen molar-refractivity contribution in [3.63, 3.8) is 0 Å². The zero-order valence-electron chi connectivity index (χ0n) is 16.7. The molecule has 2 aromatic heterocycles. The number of hydrogen-bond donors (Lipinski definition) is 2. The number of ether oxygens (including phenoxy) is 1. The molecule has 152 valence electrons. The zero-order valence-corrected chi connectivity index (χ0v) is 18.4. The molecule has 2 N–H and O–H groups in total. The summed E-state index contributed by atoms with van der Waals surface area (Å²) >= 11 is 2.87. The first-order chi connectivity index (χ1) is 13.8. The van der Waals surface area contributed by atoms with E-state index in [1.54, 1.807) is 18.3 Å². The van der Waals surface area contributed by atoms with Crippen molar-refractivity contribution in [3.8, 4) is 15.6 Å². The molecular weight excluding hydrogens is 406 g/mol. The SMILES string of the molecule is Cc1ccc(C(C)C)c(OCC(=O)NNC(=O)c2sc(-c3cccs3)nc2C)c1. The normalized spacial score (nSPS) is 10.8. The summed E-state index contributed by atoms with van der Waals surface area (Å²) in [6.45, 7) is 7.70. The first-order valence-corrected chi connectivity index (χ1v) is 10.9. The number of hydrogen-bond acceptors (Lipinski definition) is 6. The van der Waals surface area contributed by atoms with Gasteiger partial charge in [-0.2, -0.15) is 0 Å². The van der Waals surface area contributed by atoms with Gasteiger partial charge in [-0.3, -0.25) is 20.4 Å².